The molecule has 1 aromatic carbocycles. The normalized spacial score (nSPS) is 11.3. The number of hydrogen-bond donors (Lipinski definition) is 0. The Morgan fingerprint density at radius 3 is 2.08 bits per heavy atom. The SMILES string of the molecule is C[Si](C)(C)[C-]=Cc1ccccc1.[Cu+]. The van der Waals surface area contributed by atoms with Gasteiger partial charge in [-0.15, -0.1) is 12.1 Å². The van der Waals surface area contributed by atoms with E-state index < -0.39 is 8.07 Å². The van der Waals surface area contributed by atoms with Crippen molar-refractivity contribution in [3.8, 4) is 0 Å². The molecule has 0 bridgehead atoms. The Morgan fingerprint density at radius 2 is 1.62 bits per heavy atom. The minimum absolute atomic E-state index is 0. The van der Waals surface area contributed by atoms with Crippen LogP contribution < -0.4 is 0 Å². The van der Waals surface area contributed by atoms with Crippen molar-refractivity contribution in [2.75, 3.05) is 0 Å². The molecule has 1 aromatic rings. The Kier molecular flexibility index (Phi) is 5.30. The summed E-state index contributed by atoms with van der Waals surface area (Å²) in [5.74, 6) is 0. The van der Waals surface area contributed by atoms with Gasteiger partial charge in [0.05, 0.1) is 0 Å². The van der Waals surface area contributed by atoms with Gasteiger partial charge in [0.15, 0.2) is 0 Å². The summed E-state index contributed by atoms with van der Waals surface area (Å²) >= 11 is 0. The molecule has 0 aromatic heterocycles. The molecule has 0 saturated heterocycles. The van der Waals surface area contributed by atoms with E-state index in [0.717, 1.165) is 0 Å². The fraction of sp³-hybridized carbons (Fsp3) is 0.273. The molecule has 0 atom stereocenters. The number of hydrogen-bond acceptors (Lipinski definition) is 0. The zero-order valence-corrected chi connectivity index (χ0v) is 10.2. The van der Waals surface area contributed by atoms with Gasteiger partial charge in [-0.1, -0.05) is 37.8 Å². The quantitative estimate of drug-likeness (QED) is 0.548. The standard InChI is InChI=1S/C11H15Si.Cu/c1-12(2,3)10-9-11-7-5-4-6-8-11;/h4-9H,1-3H3;/q-1;+1. The van der Waals surface area contributed by atoms with Gasteiger partial charge in [0.1, 0.15) is 0 Å². The second kappa shape index (κ2) is 5.43. The molecule has 1 rings (SSSR count). The zero-order valence-electron chi connectivity index (χ0n) is 8.27. The van der Waals surface area contributed by atoms with E-state index in [0.29, 0.717) is 0 Å². The Labute approximate surface area is 92.5 Å². The van der Waals surface area contributed by atoms with Crippen molar-refractivity contribution in [2.24, 2.45) is 0 Å². The van der Waals surface area contributed by atoms with E-state index in [1.54, 1.807) is 0 Å². The van der Waals surface area contributed by atoms with Gasteiger partial charge in [-0.25, -0.2) is 6.08 Å². The summed E-state index contributed by atoms with van der Waals surface area (Å²) in [6.07, 6.45) is 2.10. The second-order valence-electron chi connectivity index (χ2n) is 3.95. The molecule has 0 aliphatic carbocycles. The van der Waals surface area contributed by atoms with E-state index in [1.165, 1.54) is 5.56 Å². The Hall–Kier alpha value is -0.304. The molecule has 13 heavy (non-hydrogen) atoms. The Bertz CT molecular complexity index is 259. The maximum absolute atomic E-state index is 3.45. The van der Waals surface area contributed by atoms with Gasteiger partial charge in [0.25, 0.3) is 0 Å². The summed E-state index contributed by atoms with van der Waals surface area (Å²) in [7, 11) is -1.15. The number of rotatable bonds is 2. The van der Waals surface area contributed by atoms with Gasteiger partial charge < -0.3 is 0 Å². The third-order valence-electron chi connectivity index (χ3n) is 1.47. The largest absolute Gasteiger partial charge is 1.00 e. The van der Waals surface area contributed by atoms with Crippen LogP contribution >= 0.6 is 0 Å². The van der Waals surface area contributed by atoms with Gasteiger partial charge >= 0.3 is 17.1 Å². The summed E-state index contributed by atoms with van der Waals surface area (Å²) < 4.78 is 0. The van der Waals surface area contributed by atoms with E-state index in [9.17, 15) is 0 Å². The van der Waals surface area contributed by atoms with Crippen LogP contribution in [-0.2, 0) is 17.1 Å². The van der Waals surface area contributed by atoms with Crippen molar-refractivity contribution in [2.45, 2.75) is 19.6 Å². The predicted octanol–water partition coefficient (Wildman–Crippen LogP) is 3.38. The third-order valence-corrected chi connectivity index (χ3v) is 2.48. The molecule has 0 aliphatic heterocycles. The smallest absolute Gasteiger partial charge is 0.279 e. The van der Waals surface area contributed by atoms with E-state index in [4.69, 9.17) is 0 Å². The molecule has 0 fully saturated rings. The summed E-state index contributed by atoms with van der Waals surface area (Å²) in [6, 6.07) is 10.3. The van der Waals surface area contributed by atoms with E-state index in [2.05, 4.69) is 55.7 Å². The monoisotopic (exact) mass is 238 g/mol. The first kappa shape index (κ1) is 12.7. The minimum Gasteiger partial charge on any atom is -0.279 e. The fourth-order valence-corrected chi connectivity index (χ4v) is 1.45. The molecule has 0 heterocycles. The van der Waals surface area contributed by atoms with Crippen molar-refractivity contribution in [1.29, 1.82) is 0 Å². The number of benzene rings is 1. The fourth-order valence-electron chi connectivity index (χ4n) is 0.849. The average Bonchev–Trinajstić information content (AvgIpc) is 2.02. The van der Waals surface area contributed by atoms with Crippen LogP contribution in [0.1, 0.15) is 5.56 Å². The first-order valence-electron chi connectivity index (χ1n) is 4.24. The molecule has 0 aliphatic rings. The van der Waals surface area contributed by atoms with Crippen molar-refractivity contribution in [1.82, 2.24) is 0 Å². The van der Waals surface area contributed by atoms with E-state index in [1.807, 2.05) is 6.07 Å². The zero-order chi connectivity index (χ0) is 9.03. The van der Waals surface area contributed by atoms with Crippen LogP contribution in [0.15, 0.2) is 30.3 Å². The van der Waals surface area contributed by atoms with Crippen LogP contribution in [0.25, 0.3) is 6.08 Å². The van der Waals surface area contributed by atoms with Gasteiger partial charge in [0.2, 0.25) is 0 Å². The second-order valence-corrected chi connectivity index (χ2v) is 8.74. The first-order chi connectivity index (χ1) is 5.58. The third kappa shape index (κ3) is 5.86. The van der Waals surface area contributed by atoms with Gasteiger partial charge in [-0.05, 0) is 8.07 Å². The maximum atomic E-state index is 3.45. The molecular formula is C11H15CuSi. The molecule has 74 valence electrons. The molecule has 0 amide bonds. The van der Waals surface area contributed by atoms with Crippen LogP contribution in [0.4, 0.5) is 0 Å². The topological polar surface area (TPSA) is 0 Å². The minimum atomic E-state index is -1.15. The molecule has 0 unspecified atom stereocenters. The maximum Gasteiger partial charge on any atom is 1.00 e. The van der Waals surface area contributed by atoms with Crippen LogP contribution in [0.3, 0.4) is 0 Å². The molecule has 0 nitrogen and oxygen atoms in total. The molecular weight excluding hydrogens is 224 g/mol. The molecule has 0 N–H and O–H groups in total. The van der Waals surface area contributed by atoms with Crippen LogP contribution in [-0.4, -0.2) is 8.07 Å². The van der Waals surface area contributed by atoms with E-state index >= 15 is 0 Å². The van der Waals surface area contributed by atoms with E-state index in [-0.39, 0.29) is 17.1 Å². The van der Waals surface area contributed by atoms with Crippen molar-refractivity contribution in [3.63, 3.8) is 0 Å². The molecule has 0 spiro atoms. The summed E-state index contributed by atoms with van der Waals surface area (Å²) in [6.45, 7) is 6.85. The summed E-state index contributed by atoms with van der Waals surface area (Å²) in [5.41, 5.74) is 4.70. The van der Waals surface area contributed by atoms with Crippen LogP contribution in [0.5, 0.6) is 0 Å². The van der Waals surface area contributed by atoms with Crippen molar-refractivity contribution in [3.05, 3.63) is 41.6 Å². The van der Waals surface area contributed by atoms with Crippen LogP contribution in [0.2, 0.25) is 19.6 Å². The summed E-state index contributed by atoms with van der Waals surface area (Å²) in [4.78, 5) is 0. The summed E-state index contributed by atoms with van der Waals surface area (Å²) in [5, 5.41) is 0. The van der Waals surface area contributed by atoms with Gasteiger partial charge in [-0.2, -0.15) is 5.56 Å². The van der Waals surface area contributed by atoms with Crippen LogP contribution in [0, 0.1) is 5.70 Å². The Balaban J connectivity index is 0.00000144. The van der Waals surface area contributed by atoms with Crippen molar-refractivity contribution < 1.29 is 17.1 Å². The predicted molar refractivity (Wildman–Crippen MR) is 57.5 cm³/mol. The first-order valence-corrected chi connectivity index (χ1v) is 7.74. The molecule has 0 radical (unpaired) electrons. The average molecular weight is 239 g/mol. The van der Waals surface area contributed by atoms with Gasteiger partial charge in [0, 0.05) is 0 Å². The van der Waals surface area contributed by atoms with Crippen molar-refractivity contribution >= 4 is 14.1 Å². The Morgan fingerprint density at radius 1 is 1.08 bits per heavy atom. The molecule has 0 saturated carbocycles. The molecule has 2 heteroatoms. The van der Waals surface area contributed by atoms with Gasteiger partial charge in [-0.3, -0.25) is 5.70 Å².